The zero-order valence-electron chi connectivity index (χ0n) is 15.8. The lowest BCUT2D eigenvalue weighted by molar-refractivity contribution is 0.617. The van der Waals surface area contributed by atoms with Gasteiger partial charge in [-0.1, -0.05) is 60.7 Å². The lowest BCUT2D eigenvalue weighted by atomic mass is 10.0. The van der Waals surface area contributed by atoms with Crippen LogP contribution in [0, 0.1) is 6.92 Å². The normalized spacial score (nSPS) is 11.6. The van der Waals surface area contributed by atoms with Crippen LogP contribution in [0.1, 0.15) is 5.56 Å². The van der Waals surface area contributed by atoms with Crippen molar-refractivity contribution in [2.75, 3.05) is 0 Å². The third-order valence-electron chi connectivity index (χ3n) is 5.46. The van der Waals surface area contributed by atoms with Crippen LogP contribution >= 0.6 is 11.3 Å². The Morgan fingerprint density at radius 1 is 0.724 bits per heavy atom. The predicted octanol–water partition coefficient (Wildman–Crippen LogP) is 7.84. The molecule has 138 valence electrons. The largest absolute Gasteiger partial charge is 0.436 e. The number of rotatable bonds is 2. The van der Waals surface area contributed by atoms with E-state index in [1.165, 1.54) is 31.3 Å². The smallest absolute Gasteiger partial charge is 0.227 e. The fraction of sp³-hybridized carbons (Fsp3) is 0.0385. The Hall–Kier alpha value is -3.43. The zero-order chi connectivity index (χ0) is 19.4. The predicted molar refractivity (Wildman–Crippen MR) is 123 cm³/mol. The number of aryl methyl sites for hydroxylation is 1. The van der Waals surface area contributed by atoms with Gasteiger partial charge in [0.05, 0.1) is 0 Å². The van der Waals surface area contributed by atoms with Crippen molar-refractivity contribution in [2.24, 2.45) is 0 Å². The van der Waals surface area contributed by atoms with E-state index < -0.39 is 0 Å². The van der Waals surface area contributed by atoms with Gasteiger partial charge in [0.25, 0.3) is 0 Å². The molecule has 4 aromatic carbocycles. The molecule has 0 saturated heterocycles. The van der Waals surface area contributed by atoms with Crippen molar-refractivity contribution in [1.29, 1.82) is 0 Å². The summed E-state index contributed by atoms with van der Waals surface area (Å²) in [5.41, 5.74) is 6.34. The molecule has 0 aliphatic heterocycles. The summed E-state index contributed by atoms with van der Waals surface area (Å²) in [6.07, 6.45) is 0. The number of para-hydroxylation sites is 1. The van der Waals surface area contributed by atoms with Gasteiger partial charge in [-0.15, -0.1) is 11.3 Å². The summed E-state index contributed by atoms with van der Waals surface area (Å²) in [5, 5.41) is 2.65. The molecule has 2 aromatic heterocycles. The third-order valence-corrected chi connectivity index (χ3v) is 6.68. The number of hydrogen-bond donors (Lipinski definition) is 0. The molecule has 6 rings (SSSR count). The number of aromatic nitrogens is 1. The maximum Gasteiger partial charge on any atom is 0.227 e. The summed E-state index contributed by atoms with van der Waals surface area (Å²) in [5.74, 6) is 0.668. The van der Waals surface area contributed by atoms with Crippen molar-refractivity contribution < 1.29 is 4.42 Å². The lowest BCUT2D eigenvalue weighted by Gasteiger charge is -2.04. The van der Waals surface area contributed by atoms with Gasteiger partial charge in [-0.05, 0) is 47.9 Å². The molecule has 0 spiro atoms. The first kappa shape index (κ1) is 16.5. The van der Waals surface area contributed by atoms with Crippen LogP contribution in [0.25, 0.3) is 53.9 Å². The first-order chi connectivity index (χ1) is 14.3. The highest BCUT2D eigenvalue weighted by Gasteiger charge is 2.12. The van der Waals surface area contributed by atoms with Gasteiger partial charge in [0.15, 0.2) is 5.58 Å². The number of hydrogen-bond acceptors (Lipinski definition) is 3. The average Bonchev–Trinajstić information content (AvgIpc) is 3.36. The molecule has 0 aliphatic carbocycles. The van der Waals surface area contributed by atoms with Gasteiger partial charge < -0.3 is 4.42 Å². The standard InChI is InChI=1S/C26H17NOS/c1-16-6-4-10-22-24(16)28-26(27-22)18-14-12-17(13-15-18)19-8-5-9-21-20-7-2-3-11-23(20)29-25(19)21/h2-15H,1H3. The molecule has 0 bridgehead atoms. The van der Waals surface area contributed by atoms with Crippen molar-refractivity contribution in [3.8, 4) is 22.6 Å². The van der Waals surface area contributed by atoms with E-state index in [0.717, 1.165) is 22.2 Å². The molecule has 0 saturated carbocycles. The topological polar surface area (TPSA) is 26.0 Å². The number of benzene rings is 4. The Bertz CT molecular complexity index is 1510. The maximum atomic E-state index is 6.03. The molecular weight excluding hydrogens is 374 g/mol. The van der Waals surface area contributed by atoms with Crippen molar-refractivity contribution in [3.63, 3.8) is 0 Å². The zero-order valence-corrected chi connectivity index (χ0v) is 16.7. The van der Waals surface area contributed by atoms with Gasteiger partial charge in [0.2, 0.25) is 5.89 Å². The molecule has 2 heterocycles. The first-order valence-corrected chi connectivity index (χ1v) is 10.5. The highest BCUT2D eigenvalue weighted by atomic mass is 32.1. The van der Waals surface area contributed by atoms with E-state index in [2.05, 4.69) is 71.7 Å². The minimum absolute atomic E-state index is 0.668. The van der Waals surface area contributed by atoms with Crippen LogP contribution in [0.15, 0.2) is 89.3 Å². The van der Waals surface area contributed by atoms with Crippen molar-refractivity contribution in [1.82, 2.24) is 4.98 Å². The molecule has 3 heteroatoms. The van der Waals surface area contributed by atoms with Gasteiger partial charge in [-0.3, -0.25) is 0 Å². The second kappa shape index (κ2) is 6.29. The fourth-order valence-electron chi connectivity index (χ4n) is 3.98. The summed E-state index contributed by atoms with van der Waals surface area (Å²) in [4.78, 5) is 4.66. The molecule has 0 N–H and O–H groups in total. The Balaban J connectivity index is 1.46. The van der Waals surface area contributed by atoms with E-state index >= 15 is 0 Å². The quantitative estimate of drug-likeness (QED) is 0.300. The molecule has 0 radical (unpaired) electrons. The minimum atomic E-state index is 0.668. The Morgan fingerprint density at radius 3 is 2.34 bits per heavy atom. The van der Waals surface area contributed by atoms with E-state index in [-0.39, 0.29) is 0 Å². The average molecular weight is 391 g/mol. The Kier molecular flexibility index (Phi) is 3.58. The Labute approximate surface area is 172 Å². The van der Waals surface area contributed by atoms with E-state index in [1.54, 1.807) is 0 Å². The van der Waals surface area contributed by atoms with Crippen LogP contribution in [0.5, 0.6) is 0 Å². The summed E-state index contributed by atoms with van der Waals surface area (Å²) in [6.45, 7) is 2.05. The maximum absolute atomic E-state index is 6.03. The number of nitrogens with zero attached hydrogens (tertiary/aromatic N) is 1. The summed E-state index contributed by atoms with van der Waals surface area (Å²) in [7, 11) is 0. The van der Waals surface area contributed by atoms with Crippen LogP contribution in [0.3, 0.4) is 0 Å². The van der Waals surface area contributed by atoms with E-state index in [0.29, 0.717) is 5.89 Å². The van der Waals surface area contributed by atoms with Crippen molar-refractivity contribution >= 4 is 42.6 Å². The van der Waals surface area contributed by atoms with Crippen LogP contribution in [0.4, 0.5) is 0 Å². The fourth-order valence-corrected chi connectivity index (χ4v) is 5.22. The summed E-state index contributed by atoms with van der Waals surface area (Å²) < 4.78 is 8.69. The monoisotopic (exact) mass is 391 g/mol. The highest BCUT2D eigenvalue weighted by Crippen LogP contribution is 2.40. The van der Waals surface area contributed by atoms with Gasteiger partial charge in [0, 0.05) is 25.7 Å². The van der Waals surface area contributed by atoms with Crippen LogP contribution in [0.2, 0.25) is 0 Å². The molecule has 0 atom stereocenters. The second-order valence-corrected chi connectivity index (χ2v) is 8.35. The lowest BCUT2D eigenvalue weighted by Crippen LogP contribution is -1.81. The molecule has 29 heavy (non-hydrogen) atoms. The van der Waals surface area contributed by atoms with Gasteiger partial charge in [0.1, 0.15) is 5.52 Å². The van der Waals surface area contributed by atoms with E-state index in [9.17, 15) is 0 Å². The summed E-state index contributed by atoms with van der Waals surface area (Å²) >= 11 is 1.86. The number of thiophene rings is 1. The van der Waals surface area contributed by atoms with Gasteiger partial charge in [-0.25, -0.2) is 4.98 Å². The highest BCUT2D eigenvalue weighted by molar-refractivity contribution is 7.26. The third kappa shape index (κ3) is 2.59. The number of oxazole rings is 1. The van der Waals surface area contributed by atoms with Crippen LogP contribution in [-0.2, 0) is 0 Å². The number of fused-ring (bicyclic) bond motifs is 4. The minimum Gasteiger partial charge on any atom is -0.436 e. The molecule has 0 fully saturated rings. The van der Waals surface area contributed by atoms with Crippen molar-refractivity contribution in [2.45, 2.75) is 6.92 Å². The molecule has 6 aromatic rings. The van der Waals surface area contributed by atoms with Crippen LogP contribution < -0.4 is 0 Å². The van der Waals surface area contributed by atoms with E-state index in [4.69, 9.17) is 4.42 Å². The second-order valence-electron chi connectivity index (χ2n) is 7.30. The molecule has 0 unspecified atom stereocenters. The van der Waals surface area contributed by atoms with Gasteiger partial charge >= 0.3 is 0 Å². The van der Waals surface area contributed by atoms with Gasteiger partial charge in [-0.2, -0.15) is 0 Å². The SMILES string of the molecule is Cc1cccc2nc(-c3ccc(-c4cccc5c4sc4ccccc45)cc3)oc12. The molecule has 0 amide bonds. The van der Waals surface area contributed by atoms with E-state index in [1.807, 2.05) is 36.5 Å². The molecule has 0 aliphatic rings. The molecular formula is C26H17NOS. The molecule has 2 nitrogen and oxygen atoms in total. The summed E-state index contributed by atoms with van der Waals surface area (Å²) in [6, 6.07) is 29.8. The Morgan fingerprint density at radius 2 is 1.48 bits per heavy atom. The van der Waals surface area contributed by atoms with Crippen LogP contribution in [-0.4, -0.2) is 4.98 Å². The first-order valence-electron chi connectivity index (χ1n) is 9.65. The van der Waals surface area contributed by atoms with Crippen molar-refractivity contribution in [3.05, 3.63) is 90.5 Å².